The number of ether oxygens (including phenoxy) is 2. The van der Waals surface area contributed by atoms with Crippen LogP contribution in [-0.4, -0.2) is 25.2 Å². The van der Waals surface area contributed by atoms with Crippen molar-refractivity contribution in [2.24, 2.45) is 70.0 Å². The van der Waals surface area contributed by atoms with E-state index in [2.05, 4.69) is 12.2 Å². The number of fused-ring (bicyclic) bond motifs is 1. The zero-order chi connectivity index (χ0) is 16.5. The first kappa shape index (κ1) is 12.9. The van der Waals surface area contributed by atoms with Crippen LogP contribution in [0, 0.1) is 70.0 Å². The highest BCUT2D eigenvalue weighted by Crippen LogP contribution is 2.98. The lowest BCUT2D eigenvalue weighted by atomic mass is 9.43. The predicted octanol–water partition coefficient (Wildman–Crippen LogP) is 2.04. The molecule has 4 nitrogen and oxygen atoms in total. The molecule has 0 aromatic heterocycles. The Morgan fingerprint density at radius 3 is 2.80 bits per heavy atom. The lowest BCUT2D eigenvalue weighted by molar-refractivity contribution is -0.231. The van der Waals surface area contributed by atoms with Crippen LogP contribution in [0.4, 0.5) is 0 Å². The van der Waals surface area contributed by atoms with Gasteiger partial charge in [-0.3, -0.25) is 9.59 Å². The maximum atomic E-state index is 13.6. The Bertz CT molecular complexity index is 813. The average molecular weight is 338 g/mol. The first-order chi connectivity index (χ1) is 12.2. The van der Waals surface area contributed by atoms with Gasteiger partial charge < -0.3 is 9.47 Å². The molecule has 1 heterocycles. The summed E-state index contributed by atoms with van der Waals surface area (Å²) >= 11 is 0. The molecule has 4 heteroatoms. The number of carbonyl (C=O) groups is 2. The quantitative estimate of drug-likeness (QED) is 0.542. The molecule has 1 saturated heterocycles. The summed E-state index contributed by atoms with van der Waals surface area (Å²) in [6, 6.07) is 0. The predicted molar refractivity (Wildman–Crippen MR) is 84.7 cm³/mol. The van der Waals surface area contributed by atoms with Gasteiger partial charge in [0.25, 0.3) is 0 Å². The third-order valence-electron chi connectivity index (χ3n) is 10.7. The Labute approximate surface area is 146 Å². The van der Waals surface area contributed by atoms with Gasteiger partial charge in [-0.05, 0) is 72.5 Å². The van der Waals surface area contributed by atoms with Crippen LogP contribution in [0.25, 0.3) is 0 Å². The molecule has 25 heavy (non-hydrogen) atoms. The van der Waals surface area contributed by atoms with Gasteiger partial charge in [0, 0.05) is 5.92 Å². The van der Waals surface area contributed by atoms with E-state index in [1.54, 1.807) is 0 Å². The fraction of sp³-hybridized carbons (Fsp3) is 0.810. The first-order valence-corrected chi connectivity index (χ1v) is 10.2. The fourth-order valence-electron chi connectivity index (χ4n) is 11.4. The summed E-state index contributed by atoms with van der Waals surface area (Å²) in [7, 11) is 1.53. The number of hydrogen-bond donors (Lipinski definition) is 0. The Kier molecular flexibility index (Phi) is 1.72. The van der Waals surface area contributed by atoms with E-state index >= 15 is 0 Å². The second-order valence-corrected chi connectivity index (χ2v) is 10.2. The van der Waals surface area contributed by atoms with Crippen molar-refractivity contribution in [1.29, 1.82) is 0 Å². The molecular weight excluding hydrogens is 316 g/mol. The summed E-state index contributed by atoms with van der Waals surface area (Å²) in [5, 5.41) is 0. The Morgan fingerprint density at radius 1 is 1.12 bits per heavy atom. The van der Waals surface area contributed by atoms with E-state index in [0.29, 0.717) is 59.2 Å². The van der Waals surface area contributed by atoms with Gasteiger partial charge in [-0.25, -0.2) is 0 Å². The Morgan fingerprint density at radius 2 is 1.96 bits per heavy atom. The van der Waals surface area contributed by atoms with E-state index in [-0.39, 0.29) is 18.0 Å². The summed E-state index contributed by atoms with van der Waals surface area (Å²) in [5.74, 6) is 4.84. The van der Waals surface area contributed by atoms with Crippen molar-refractivity contribution in [3.63, 3.8) is 0 Å². The SMILES string of the molecule is COC(=O)[C@@]12[C@@H]3[C@@H]4CC[C@H]5OC(=O)[C@@]16[C@@H]([C@@H]3[C@@H]1[C@@H]2[C@@H]2C=CC[C@@H]2[C@@H]16)[C@H]45. The molecule has 7 saturated carbocycles. The molecule has 0 aromatic rings. The minimum Gasteiger partial charge on any atom is -0.469 e. The van der Waals surface area contributed by atoms with Gasteiger partial charge >= 0.3 is 11.9 Å². The molecule has 8 fully saturated rings. The van der Waals surface area contributed by atoms with E-state index in [1.165, 1.54) is 7.11 Å². The molecule has 0 aromatic carbocycles. The molecule has 13 atom stereocenters. The largest absolute Gasteiger partial charge is 0.469 e. The average Bonchev–Trinajstić information content (AvgIpc) is 3.36. The minimum absolute atomic E-state index is 0.00245. The first-order valence-electron chi connectivity index (χ1n) is 10.2. The molecule has 130 valence electrons. The van der Waals surface area contributed by atoms with Gasteiger partial charge in [0.2, 0.25) is 0 Å². The molecule has 0 radical (unpaired) electrons. The van der Waals surface area contributed by atoms with Crippen LogP contribution in [0.1, 0.15) is 19.3 Å². The highest BCUT2D eigenvalue weighted by molar-refractivity contribution is 5.95. The van der Waals surface area contributed by atoms with Gasteiger partial charge in [-0.1, -0.05) is 12.2 Å². The summed E-state index contributed by atoms with van der Waals surface area (Å²) in [5.41, 5.74) is -1.09. The number of esters is 2. The van der Waals surface area contributed by atoms with Gasteiger partial charge in [0.15, 0.2) is 0 Å². The van der Waals surface area contributed by atoms with Crippen LogP contribution in [0.5, 0.6) is 0 Å². The van der Waals surface area contributed by atoms with Crippen LogP contribution in [0.15, 0.2) is 12.2 Å². The second kappa shape index (κ2) is 3.32. The molecule has 8 aliphatic carbocycles. The zero-order valence-electron chi connectivity index (χ0n) is 14.3. The highest BCUT2D eigenvalue weighted by atomic mass is 16.6. The van der Waals surface area contributed by atoms with Crippen molar-refractivity contribution in [3.8, 4) is 0 Å². The Hall–Kier alpha value is -1.32. The summed E-state index contributed by atoms with van der Waals surface area (Å²) in [6.45, 7) is 0. The fourth-order valence-corrected chi connectivity index (χ4v) is 11.4. The normalized spacial score (nSPS) is 70.4. The third-order valence-corrected chi connectivity index (χ3v) is 10.7. The van der Waals surface area contributed by atoms with Crippen LogP contribution in [0.3, 0.4) is 0 Å². The van der Waals surface area contributed by atoms with Crippen molar-refractivity contribution in [2.45, 2.75) is 25.4 Å². The van der Waals surface area contributed by atoms with E-state index in [9.17, 15) is 9.59 Å². The van der Waals surface area contributed by atoms with Crippen LogP contribution in [-0.2, 0) is 19.1 Å². The minimum atomic E-state index is -0.560. The standard InChI is InChI=1S/C21H22O4/c1-24-18(22)20-14-7-3-2-4-8(7)15-12(14)13-16(20)9-5-6-10-11(9)17(13)21(15,20)19(23)25-10/h2-3,7-17H,4-6H2,1H3/t7-,8+,9-,10-,11-,12-,13-,14+,15+,16-,17-,20-,21-/m1/s1. The molecule has 9 aliphatic rings. The number of methoxy groups -OCH3 is 1. The number of rotatable bonds is 1. The van der Waals surface area contributed by atoms with Crippen molar-refractivity contribution >= 4 is 11.9 Å². The van der Waals surface area contributed by atoms with E-state index in [1.807, 2.05) is 0 Å². The molecule has 0 unspecified atom stereocenters. The van der Waals surface area contributed by atoms with Crippen molar-refractivity contribution in [2.75, 3.05) is 7.11 Å². The highest BCUT2D eigenvalue weighted by Gasteiger charge is 3.02. The topological polar surface area (TPSA) is 52.6 Å². The van der Waals surface area contributed by atoms with Crippen molar-refractivity contribution in [1.82, 2.24) is 0 Å². The lowest BCUT2D eigenvalue weighted by Gasteiger charge is -2.60. The monoisotopic (exact) mass is 338 g/mol. The van der Waals surface area contributed by atoms with Gasteiger partial charge in [-0.2, -0.15) is 0 Å². The van der Waals surface area contributed by atoms with E-state index < -0.39 is 10.8 Å². The van der Waals surface area contributed by atoms with E-state index in [0.717, 1.165) is 19.3 Å². The summed E-state index contributed by atoms with van der Waals surface area (Å²) in [4.78, 5) is 27.1. The van der Waals surface area contributed by atoms with Crippen LogP contribution < -0.4 is 0 Å². The molecular formula is C21H22O4. The molecule has 1 aliphatic heterocycles. The zero-order valence-corrected chi connectivity index (χ0v) is 14.3. The van der Waals surface area contributed by atoms with Crippen molar-refractivity contribution < 1.29 is 19.1 Å². The van der Waals surface area contributed by atoms with Gasteiger partial charge in [0.05, 0.1) is 17.9 Å². The Balaban J connectivity index is 1.49. The molecule has 0 amide bonds. The van der Waals surface area contributed by atoms with Crippen LogP contribution in [0.2, 0.25) is 0 Å². The van der Waals surface area contributed by atoms with Gasteiger partial charge in [-0.15, -0.1) is 0 Å². The summed E-state index contributed by atoms with van der Waals surface area (Å²) in [6.07, 6.45) is 8.07. The third kappa shape index (κ3) is 0.821. The smallest absolute Gasteiger partial charge is 0.314 e. The molecule has 1 spiro atoms. The lowest BCUT2D eigenvalue weighted by Crippen LogP contribution is -2.68. The molecule has 8 bridgehead atoms. The molecule has 9 rings (SSSR count). The maximum Gasteiger partial charge on any atom is 0.314 e. The van der Waals surface area contributed by atoms with Gasteiger partial charge in [0.1, 0.15) is 6.10 Å². The number of carbonyl (C=O) groups excluding carboxylic acids is 2. The van der Waals surface area contributed by atoms with E-state index in [4.69, 9.17) is 9.47 Å². The summed E-state index contributed by atoms with van der Waals surface area (Å²) < 4.78 is 11.6. The second-order valence-electron chi connectivity index (χ2n) is 10.2. The van der Waals surface area contributed by atoms with Crippen LogP contribution >= 0.6 is 0 Å². The number of hydrogen-bond acceptors (Lipinski definition) is 4. The van der Waals surface area contributed by atoms with Crippen molar-refractivity contribution in [3.05, 3.63) is 12.2 Å². The molecule has 0 N–H and O–H groups in total. The number of allylic oxidation sites excluding steroid dienone is 2. The maximum absolute atomic E-state index is 13.6.